The van der Waals surface area contributed by atoms with Crippen LogP contribution in [-0.2, 0) is 11.8 Å². The van der Waals surface area contributed by atoms with E-state index in [9.17, 15) is 9.90 Å². The standard InChI is InChI=1S/C29H31FN8O3/c1-36-14-18(26(30)35-36)24-22-16-8-6-15(7-9-16)5-4-10-31-19-11-17(12-20(19)33-28(39)41-3)38-25-21(37(2)29(38)40)13-32-27(34-24)23(22)25/h4-9,13-14,17,19-20,29,31,40H,10-12H2,1-3H3,(H,32,34)(H,33,39)/b5-4-/t17-,19-,20+,29?/m1/s1. The van der Waals surface area contributed by atoms with E-state index in [0.29, 0.717) is 36.3 Å². The maximum atomic E-state index is 15.1. The number of rotatable bonds is 2. The van der Waals surface area contributed by atoms with Crippen molar-refractivity contribution < 1.29 is 19.0 Å². The lowest BCUT2D eigenvalue weighted by molar-refractivity contribution is 0.163. The molecule has 1 aromatic carbocycles. The summed E-state index contributed by atoms with van der Waals surface area (Å²) in [5, 5.41) is 22.9. The number of hydrogen-bond acceptors (Lipinski definition) is 8. The van der Waals surface area contributed by atoms with Crippen LogP contribution in [0.5, 0.6) is 0 Å². The number of ether oxygens (including phenoxy) is 1. The van der Waals surface area contributed by atoms with Gasteiger partial charge < -0.3 is 35.3 Å². The zero-order valence-electron chi connectivity index (χ0n) is 22.9. The number of benzene rings is 1. The van der Waals surface area contributed by atoms with Gasteiger partial charge in [0.05, 0.1) is 41.3 Å². The number of pyridine rings is 1. The number of aryl methyl sites for hydroxylation is 1. The molecule has 4 atom stereocenters. The van der Waals surface area contributed by atoms with Crippen LogP contribution in [0, 0.1) is 5.95 Å². The molecular weight excluding hydrogens is 527 g/mol. The maximum Gasteiger partial charge on any atom is 0.407 e. The van der Waals surface area contributed by atoms with Crippen LogP contribution in [0.2, 0.25) is 0 Å². The van der Waals surface area contributed by atoms with Gasteiger partial charge in [0.25, 0.3) is 0 Å². The first kappa shape index (κ1) is 25.5. The highest BCUT2D eigenvalue weighted by atomic mass is 19.1. The van der Waals surface area contributed by atoms with Crippen LogP contribution in [0.4, 0.5) is 20.6 Å². The molecule has 41 heavy (non-hydrogen) atoms. The molecule has 1 fully saturated rings. The number of carbonyl (C=O) groups excluding carboxylic acids is 1. The predicted molar refractivity (Wildman–Crippen MR) is 154 cm³/mol. The number of carbonyl (C=O) groups is 1. The molecule has 1 unspecified atom stereocenters. The van der Waals surface area contributed by atoms with Crippen LogP contribution >= 0.6 is 0 Å². The van der Waals surface area contributed by atoms with Crippen LogP contribution in [0.3, 0.4) is 0 Å². The van der Waals surface area contributed by atoms with Gasteiger partial charge >= 0.3 is 6.09 Å². The number of aromatic amines is 1. The third-order valence-corrected chi connectivity index (χ3v) is 8.49. The lowest BCUT2D eigenvalue weighted by Gasteiger charge is -2.32. The van der Waals surface area contributed by atoms with Crippen LogP contribution in [0.15, 0.2) is 42.7 Å². The Labute approximate surface area is 235 Å². The summed E-state index contributed by atoms with van der Waals surface area (Å²) in [5.41, 5.74) is 5.75. The normalized spacial score (nSPS) is 24.0. The summed E-state index contributed by atoms with van der Waals surface area (Å²) in [6.45, 7) is 0.607. The van der Waals surface area contributed by atoms with Gasteiger partial charge in [0.1, 0.15) is 5.65 Å². The van der Waals surface area contributed by atoms with Gasteiger partial charge in [-0.2, -0.15) is 4.39 Å². The molecule has 4 bridgehead atoms. The van der Waals surface area contributed by atoms with E-state index in [4.69, 9.17) is 9.72 Å². The molecule has 1 amide bonds. The van der Waals surface area contributed by atoms with Crippen LogP contribution < -0.4 is 20.4 Å². The van der Waals surface area contributed by atoms with Crippen molar-refractivity contribution in [2.45, 2.75) is 37.3 Å². The Kier molecular flexibility index (Phi) is 5.98. The zero-order valence-corrected chi connectivity index (χ0v) is 22.9. The molecule has 4 N–H and O–H groups in total. The van der Waals surface area contributed by atoms with Gasteiger partial charge in [-0.25, -0.2) is 9.78 Å². The van der Waals surface area contributed by atoms with Gasteiger partial charge in [-0.1, -0.05) is 36.4 Å². The second-order valence-electron chi connectivity index (χ2n) is 10.9. The van der Waals surface area contributed by atoms with Crippen molar-refractivity contribution in [3.05, 3.63) is 54.2 Å². The van der Waals surface area contributed by atoms with Gasteiger partial charge in [-0.3, -0.25) is 4.68 Å². The number of H-pyrrole nitrogens is 1. The molecule has 3 aliphatic heterocycles. The van der Waals surface area contributed by atoms with Gasteiger partial charge in [-0.05, 0) is 24.0 Å². The summed E-state index contributed by atoms with van der Waals surface area (Å²) in [7, 11) is 4.87. The highest BCUT2D eigenvalue weighted by Crippen LogP contribution is 2.51. The minimum atomic E-state index is -0.959. The van der Waals surface area contributed by atoms with Gasteiger partial charge in [-0.15, -0.1) is 5.10 Å². The van der Waals surface area contributed by atoms with Crippen molar-refractivity contribution in [3.8, 4) is 22.4 Å². The molecule has 212 valence electrons. The lowest BCUT2D eigenvalue weighted by Crippen LogP contribution is -2.47. The fourth-order valence-corrected chi connectivity index (χ4v) is 6.57. The molecule has 4 aliphatic rings. The van der Waals surface area contributed by atoms with Gasteiger partial charge in [0.15, 0.2) is 0 Å². The van der Waals surface area contributed by atoms with Gasteiger partial charge in [0, 0.05) is 50.5 Å². The fourth-order valence-electron chi connectivity index (χ4n) is 6.57. The van der Waals surface area contributed by atoms with Crippen molar-refractivity contribution in [2.24, 2.45) is 7.05 Å². The number of nitrogens with zero attached hydrogens (tertiary/aromatic N) is 5. The number of fused-ring (bicyclic) bond motifs is 4. The third kappa shape index (κ3) is 4.05. The molecule has 0 radical (unpaired) electrons. The first-order valence-corrected chi connectivity index (χ1v) is 13.6. The Morgan fingerprint density at radius 2 is 2.02 bits per heavy atom. The van der Waals surface area contributed by atoms with Crippen LogP contribution in [0.25, 0.3) is 39.5 Å². The zero-order chi connectivity index (χ0) is 28.4. The first-order chi connectivity index (χ1) is 19.8. The van der Waals surface area contributed by atoms with Crippen LogP contribution in [0.1, 0.15) is 18.4 Å². The summed E-state index contributed by atoms with van der Waals surface area (Å²) in [4.78, 5) is 24.1. The molecule has 0 spiro atoms. The van der Waals surface area contributed by atoms with Gasteiger partial charge in [0.2, 0.25) is 12.3 Å². The second-order valence-corrected chi connectivity index (χ2v) is 10.9. The van der Waals surface area contributed by atoms with E-state index >= 15 is 4.39 Å². The van der Waals surface area contributed by atoms with E-state index < -0.39 is 18.4 Å². The summed E-state index contributed by atoms with van der Waals surface area (Å²) in [5.74, 6) is -0.585. The average Bonchev–Trinajstić information content (AvgIpc) is 3.69. The third-order valence-electron chi connectivity index (χ3n) is 8.49. The molecule has 3 aromatic heterocycles. The van der Waals surface area contributed by atoms with Crippen molar-refractivity contribution in [1.82, 2.24) is 30.4 Å². The molecular formula is C29H31FN8O3. The minimum absolute atomic E-state index is 0.0553. The van der Waals surface area contributed by atoms with E-state index in [1.165, 1.54) is 11.8 Å². The average molecular weight is 559 g/mol. The largest absolute Gasteiger partial charge is 0.453 e. The number of aliphatic hydroxyl groups is 1. The van der Waals surface area contributed by atoms with Crippen molar-refractivity contribution in [1.29, 1.82) is 0 Å². The highest BCUT2D eigenvalue weighted by Gasteiger charge is 2.46. The van der Waals surface area contributed by atoms with Crippen molar-refractivity contribution >= 4 is 34.6 Å². The number of hydrogen-bond donors (Lipinski definition) is 4. The molecule has 11 nitrogen and oxygen atoms in total. The lowest BCUT2D eigenvalue weighted by atomic mass is 9.97. The Morgan fingerprint density at radius 3 is 2.76 bits per heavy atom. The molecule has 0 saturated heterocycles. The Balaban J connectivity index is 1.49. The number of nitrogens with one attached hydrogen (secondary N) is 3. The monoisotopic (exact) mass is 558 g/mol. The highest BCUT2D eigenvalue weighted by molar-refractivity contribution is 6.12. The fraction of sp³-hybridized carbons (Fsp3) is 0.345. The number of alkyl carbamates (subject to hydrolysis) is 1. The summed E-state index contributed by atoms with van der Waals surface area (Å²) >= 11 is 0. The molecule has 4 aromatic rings. The Bertz CT molecular complexity index is 1680. The summed E-state index contributed by atoms with van der Waals surface area (Å²) in [6.07, 6.45) is 7.29. The smallest absolute Gasteiger partial charge is 0.407 e. The molecule has 8 rings (SSSR count). The number of methoxy groups -OCH3 is 1. The Hall–Kier alpha value is -4.42. The number of amides is 1. The molecule has 6 heterocycles. The van der Waals surface area contributed by atoms with E-state index in [-0.39, 0.29) is 18.1 Å². The van der Waals surface area contributed by atoms with E-state index in [1.54, 1.807) is 24.3 Å². The minimum Gasteiger partial charge on any atom is -0.453 e. The quantitative estimate of drug-likeness (QED) is 0.296. The van der Waals surface area contributed by atoms with Crippen molar-refractivity contribution in [3.63, 3.8) is 0 Å². The van der Waals surface area contributed by atoms with E-state index in [2.05, 4.69) is 26.8 Å². The Morgan fingerprint density at radius 1 is 1.22 bits per heavy atom. The number of aliphatic hydroxyl groups excluding tert-OH is 1. The topological polar surface area (TPSA) is 124 Å². The summed E-state index contributed by atoms with van der Waals surface area (Å²) < 4.78 is 21.5. The number of aromatic nitrogens is 4. The predicted octanol–water partition coefficient (Wildman–Crippen LogP) is 3.17. The summed E-state index contributed by atoms with van der Waals surface area (Å²) in [6, 6.07) is 7.70. The second kappa shape index (κ2) is 9.60. The number of anilines is 2. The first-order valence-electron chi connectivity index (χ1n) is 13.6. The molecule has 12 heteroatoms. The van der Waals surface area contributed by atoms with Crippen LogP contribution in [-0.4, -0.2) is 76.1 Å². The van der Waals surface area contributed by atoms with E-state index in [1.807, 2.05) is 42.3 Å². The number of halogens is 1. The van der Waals surface area contributed by atoms with Crippen molar-refractivity contribution in [2.75, 3.05) is 30.5 Å². The molecule has 1 saturated carbocycles. The van der Waals surface area contributed by atoms with E-state index in [0.717, 1.165) is 33.5 Å². The maximum absolute atomic E-state index is 15.1. The SMILES string of the molecule is COC(=O)N[C@H]1C[C@H]2C[C@H]1NC/C=C\c1ccc(cc1)-c1c(-c3cn(C)nc3F)[nH]c3ncc4c(c13)N2C(O)N4C. The molecule has 1 aliphatic carbocycles.